The van der Waals surface area contributed by atoms with Gasteiger partial charge in [0.1, 0.15) is 5.02 Å². The van der Waals surface area contributed by atoms with Crippen molar-refractivity contribution in [2.75, 3.05) is 11.9 Å². The number of benzene rings is 1. The van der Waals surface area contributed by atoms with Gasteiger partial charge in [0.05, 0.1) is 0 Å². The maximum Gasteiger partial charge on any atom is 0.328 e. The van der Waals surface area contributed by atoms with Crippen LogP contribution in [-0.4, -0.2) is 16.1 Å². The summed E-state index contributed by atoms with van der Waals surface area (Å²) < 4.78 is 1.37. The summed E-state index contributed by atoms with van der Waals surface area (Å²) >= 11 is 5.68. The number of aryl methyl sites for hydroxylation is 1. The standard InChI is InChI=1S/C13H14ClN3O2/c1-9-4-2-3-5-11(9)15-6-7-17-8-10(14)12(18)16-13(17)19/h2-5,8,15H,6-7H2,1H3,(H,16,18,19). The highest BCUT2D eigenvalue weighted by Crippen LogP contribution is 2.12. The Labute approximate surface area is 114 Å². The summed E-state index contributed by atoms with van der Waals surface area (Å²) in [5.74, 6) is 0. The minimum atomic E-state index is -0.560. The molecular formula is C13H14ClN3O2. The fraction of sp³-hybridized carbons (Fsp3) is 0.231. The minimum absolute atomic E-state index is 0.00971. The molecule has 0 bridgehead atoms. The minimum Gasteiger partial charge on any atom is -0.383 e. The van der Waals surface area contributed by atoms with Crippen LogP contribution in [0.15, 0.2) is 40.1 Å². The molecule has 5 nitrogen and oxygen atoms in total. The van der Waals surface area contributed by atoms with Gasteiger partial charge in [0, 0.05) is 25.0 Å². The summed E-state index contributed by atoms with van der Waals surface area (Å²) in [5, 5.41) is 3.24. The molecule has 0 saturated heterocycles. The molecule has 0 aliphatic carbocycles. The van der Waals surface area contributed by atoms with Crippen molar-refractivity contribution >= 4 is 17.3 Å². The monoisotopic (exact) mass is 279 g/mol. The highest BCUT2D eigenvalue weighted by molar-refractivity contribution is 6.30. The zero-order chi connectivity index (χ0) is 13.8. The largest absolute Gasteiger partial charge is 0.383 e. The van der Waals surface area contributed by atoms with Crippen molar-refractivity contribution in [2.24, 2.45) is 0 Å². The topological polar surface area (TPSA) is 66.9 Å². The van der Waals surface area contributed by atoms with Crippen LogP contribution in [-0.2, 0) is 6.54 Å². The lowest BCUT2D eigenvalue weighted by Gasteiger charge is -2.10. The van der Waals surface area contributed by atoms with E-state index in [1.807, 2.05) is 31.2 Å². The van der Waals surface area contributed by atoms with Crippen molar-refractivity contribution < 1.29 is 0 Å². The third kappa shape index (κ3) is 3.26. The summed E-state index contributed by atoms with van der Waals surface area (Å²) in [4.78, 5) is 24.8. The van der Waals surface area contributed by atoms with E-state index in [0.717, 1.165) is 11.3 Å². The predicted molar refractivity (Wildman–Crippen MR) is 76.0 cm³/mol. The zero-order valence-corrected chi connectivity index (χ0v) is 11.2. The highest BCUT2D eigenvalue weighted by Gasteiger charge is 2.02. The lowest BCUT2D eigenvalue weighted by atomic mass is 10.2. The average molecular weight is 280 g/mol. The van der Waals surface area contributed by atoms with Crippen LogP contribution in [0, 0.1) is 6.92 Å². The molecule has 2 aromatic rings. The van der Waals surface area contributed by atoms with Crippen LogP contribution in [0.2, 0.25) is 5.02 Å². The Bertz CT molecular complexity index is 691. The number of anilines is 1. The van der Waals surface area contributed by atoms with Crippen LogP contribution in [0.3, 0.4) is 0 Å². The Balaban J connectivity index is 2.04. The van der Waals surface area contributed by atoms with Gasteiger partial charge in [-0.15, -0.1) is 0 Å². The fourth-order valence-electron chi connectivity index (χ4n) is 1.73. The molecule has 2 N–H and O–H groups in total. The number of nitrogens with one attached hydrogen (secondary N) is 2. The maximum absolute atomic E-state index is 11.5. The number of halogens is 1. The lowest BCUT2D eigenvalue weighted by molar-refractivity contribution is 0.669. The van der Waals surface area contributed by atoms with E-state index in [4.69, 9.17) is 11.6 Å². The molecule has 19 heavy (non-hydrogen) atoms. The predicted octanol–water partition coefficient (Wildman–Crippen LogP) is 1.61. The third-order valence-corrected chi connectivity index (χ3v) is 3.05. The number of H-pyrrole nitrogens is 1. The van der Waals surface area contributed by atoms with Crippen molar-refractivity contribution in [2.45, 2.75) is 13.5 Å². The van der Waals surface area contributed by atoms with E-state index in [1.54, 1.807) is 0 Å². The van der Waals surface area contributed by atoms with Crippen LogP contribution in [0.25, 0.3) is 0 Å². The SMILES string of the molecule is Cc1ccccc1NCCn1cc(Cl)c(=O)[nH]c1=O. The number of hydrogen-bond donors (Lipinski definition) is 2. The molecule has 6 heteroatoms. The van der Waals surface area contributed by atoms with Gasteiger partial charge >= 0.3 is 5.69 Å². The van der Waals surface area contributed by atoms with Crippen molar-refractivity contribution in [1.82, 2.24) is 9.55 Å². The molecule has 1 aromatic heterocycles. The molecule has 0 aliphatic heterocycles. The molecule has 0 unspecified atom stereocenters. The number of aromatic nitrogens is 2. The van der Waals surface area contributed by atoms with Gasteiger partial charge in [-0.1, -0.05) is 29.8 Å². The first-order valence-corrected chi connectivity index (χ1v) is 6.24. The van der Waals surface area contributed by atoms with Gasteiger partial charge in [-0.25, -0.2) is 4.79 Å². The van der Waals surface area contributed by atoms with Gasteiger partial charge < -0.3 is 5.32 Å². The fourth-order valence-corrected chi connectivity index (χ4v) is 1.90. The quantitative estimate of drug-likeness (QED) is 0.893. The van der Waals surface area contributed by atoms with Gasteiger partial charge in [-0.2, -0.15) is 0 Å². The highest BCUT2D eigenvalue weighted by atomic mass is 35.5. The summed E-state index contributed by atoms with van der Waals surface area (Å²) in [6, 6.07) is 7.88. The first-order chi connectivity index (χ1) is 9.08. The van der Waals surface area contributed by atoms with E-state index in [9.17, 15) is 9.59 Å². The molecule has 0 spiro atoms. The smallest absolute Gasteiger partial charge is 0.328 e. The second-order valence-corrected chi connectivity index (χ2v) is 4.58. The second-order valence-electron chi connectivity index (χ2n) is 4.17. The molecule has 0 amide bonds. The number of aromatic amines is 1. The Morgan fingerprint density at radius 1 is 1.32 bits per heavy atom. The summed E-state index contributed by atoms with van der Waals surface area (Å²) in [5.41, 5.74) is 1.14. The van der Waals surface area contributed by atoms with E-state index in [1.165, 1.54) is 10.8 Å². The Morgan fingerprint density at radius 2 is 2.05 bits per heavy atom. The Kier molecular flexibility index (Phi) is 4.06. The van der Waals surface area contributed by atoms with Crippen LogP contribution in [0.1, 0.15) is 5.56 Å². The molecule has 1 heterocycles. The van der Waals surface area contributed by atoms with Crippen molar-refractivity contribution in [3.05, 3.63) is 61.9 Å². The van der Waals surface area contributed by atoms with E-state index in [2.05, 4.69) is 10.3 Å². The number of para-hydroxylation sites is 1. The van der Waals surface area contributed by atoms with Gasteiger partial charge in [-0.05, 0) is 18.6 Å². The molecule has 2 rings (SSSR count). The van der Waals surface area contributed by atoms with Gasteiger partial charge in [0.15, 0.2) is 0 Å². The Hall–Kier alpha value is -2.01. The van der Waals surface area contributed by atoms with Crippen molar-refractivity contribution in [3.63, 3.8) is 0 Å². The molecular weight excluding hydrogens is 266 g/mol. The van der Waals surface area contributed by atoms with E-state index in [0.29, 0.717) is 13.1 Å². The van der Waals surface area contributed by atoms with Crippen molar-refractivity contribution in [3.8, 4) is 0 Å². The molecule has 100 valence electrons. The molecule has 0 fully saturated rings. The third-order valence-electron chi connectivity index (χ3n) is 2.78. The van der Waals surface area contributed by atoms with Gasteiger partial charge in [-0.3, -0.25) is 14.3 Å². The van der Waals surface area contributed by atoms with E-state index < -0.39 is 11.2 Å². The van der Waals surface area contributed by atoms with Gasteiger partial charge in [0.2, 0.25) is 0 Å². The second kappa shape index (κ2) is 5.75. The molecule has 0 radical (unpaired) electrons. The molecule has 0 saturated carbocycles. The number of hydrogen-bond acceptors (Lipinski definition) is 3. The van der Waals surface area contributed by atoms with Crippen LogP contribution in [0.5, 0.6) is 0 Å². The van der Waals surface area contributed by atoms with Crippen molar-refractivity contribution in [1.29, 1.82) is 0 Å². The first kappa shape index (κ1) is 13.4. The molecule has 0 aliphatic rings. The Morgan fingerprint density at radius 3 is 2.79 bits per heavy atom. The summed E-state index contributed by atoms with van der Waals surface area (Å²) in [6.07, 6.45) is 1.35. The van der Waals surface area contributed by atoms with E-state index in [-0.39, 0.29) is 5.02 Å². The average Bonchev–Trinajstić information content (AvgIpc) is 2.38. The van der Waals surface area contributed by atoms with Gasteiger partial charge in [0.25, 0.3) is 5.56 Å². The zero-order valence-electron chi connectivity index (χ0n) is 10.4. The van der Waals surface area contributed by atoms with Crippen LogP contribution < -0.4 is 16.6 Å². The van der Waals surface area contributed by atoms with Crippen LogP contribution >= 0.6 is 11.6 Å². The number of nitrogens with zero attached hydrogens (tertiary/aromatic N) is 1. The normalized spacial score (nSPS) is 10.4. The van der Waals surface area contributed by atoms with Crippen LogP contribution in [0.4, 0.5) is 5.69 Å². The molecule has 1 aromatic carbocycles. The maximum atomic E-state index is 11.5. The van der Waals surface area contributed by atoms with E-state index >= 15 is 0 Å². The summed E-state index contributed by atoms with van der Waals surface area (Å²) in [6.45, 7) is 2.99. The lowest BCUT2D eigenvalue weighted by Crippen LogP contribution is -2.31. The molecule has 0 atom stereocenters. The first-order valence-electron chi connectivity index (χ1n) is 5.86. The summed E-state index contributed by atoms with van der Waals surface area (Å²) in [7, 11) is 0. The number of rotatable bonds is 4.